The molecule has 0 unspecified atom stereocenters. The molecule has 4 heteroatoms. The van der Waals surface area contributed by atoms with E-state index in [4.69, 9.17) is 0 Å². The van der Waals surface area contributed by atoms with Crippen LogP contribution >= 0.6 is 27.7 Å². The molecule has 2 rings (SSSR count). The summed E-state index contributed by atoms with van der Waals surface area (Å²) in [7, 11) is 0. The highest BCUT2D eigenvalue weighted by atomic mass is 79.9. The Morgan fingerprint density at radius 1 is 1.29 bits per heavy atom. The average molecular weight is 276 g/mol. The Balaban J connectivity index is 2.24. The minimum Gasteiger partial charge on any atom is -0.367 e. The average Bonchev–Trinajstić information content (AvgIpc) is 2.23. The molecule has 0 N–H and O–H groups in total. The zero-order valence-electron chi connectivity index (χ0n) is 7.67. The predicted octanol–water partition coefficient (Wildman–Crippen LogP) is 3.14. The predicted molar refractivity (Wildman–Crippen MR) is 63.6 cm³/mol. The van der Waals surface area contributed by atoms with Crippen molar-refractivity contribution in [1.29, 1.82) is 0 Å². The maximum absolute atomic E-state index is 13.5. The first kappa shape index (κ1) is 10.3. The molecule has 1 nitrogen and oxygen atoms in total. The first-order chi connectivity index (χ1) is 6.77. The Kier molecular flexibility index (Phi) is 3.34. The zero-order valence-corrected chi connectivity index (χ0v) is 10.1. The molecule has 0 bridgehead atoms. The van der Waals surface area contributed by atoms with E-state index in [0.717, 1.165) is 34.8 Å². The molecule has 0 aliphatic carbocycles. The van der Waals surface area contributed by atoms with Gasteiger partial charge < -0.3 is 4.90 Å². The number of nitrogens with zero attached hydrogens (tertiary/aromatic N) is 1. The Morgan fingerprint density at radius 2 is 2.00 bits per heavy atom. The van der Waals surface area contributed by atoms with Gasteiger partial charge in [-0.05, 0) is 18.2 Å². The van der Waals surface area contributed by atoms with Crippen molar-refractivity contribution in [3.63, 3.8) is 0 Å². The van der Waals surface area contributed by atoms with Crippen LogP contribution in [0, 0.1) is 5.82 Å². The zero-order chi connectivity index (χ0) is 9.97. The van der Waals surface area contributed by atoms with E-state index < -0.39 is 0 Å². The van der Waals surface area contributed by atoms with Gasteiger partial charge in [-0.15, -0.1) is 0 Å². The summed E-state index contributed by atoms with van der Waals surface area (Å²) in [4.78, 5) is 2.11. The van der Waals surface area contributed by atoms with Crippen LogP contribution in [0.1, 0.15) is 0 Å². The molecule has 1 aliphatic rings. The molecule has 0 radical (unpaired) electrons. The molecule has 1 heterocycles. The van der Waals surface area contributed by atoms with Gasteiger partial charge in [0.2, 0.25) is 0 Å². The quantitative estimate of drug-likeness (QED) is 0.775. The molecule has 1 aromatic rings. The largest absolute Gasteiger partial charge is 0.367 e. The SMILES string of the molecule is Fc1ccc(Br)cc1N1CCSCC1. The summed E-state index contributed by atoms with van der Waals surface area (Å²) in [6.07, 6.45) is 0. The second-order valence-corrected chi connectivity index (χ2v) is 5.34. The monoisotopic (exact) mass is 275 g/mol. The molecule has 1 fully saturated rings. The van der Waals surface area contributed by atoms with Crippen molar-refractivity contribution in [3.8, 4) is 0 Å². The smallest absolute Gasteiger partial charge is 0.146 e. The van der Waals surface area contributed by atoms with Crippen molar-refractivity contribution in [3.05, 3.63) is 28.5 Å². The highest BCUT2D eigenvalue weighted by Gasteiger charge is 2.14. The van der Waals surface area contributed by atoms with Gasteiger partial charge in [-0.2, -0.15) is 11.8 Å². The lowest BCUT2D eigenvalue weighted by molar-refractivity contribution is 0.619. The van der Waals surface area contributed by atoms with Crippen LogP contribution in [-0.2, 0) is 0 Å². The first-order valence-electron chi connectivity index (χ1n) is 4.55. The number of thioether (sulfide) groups is 1. The van der Waals surface area contributed by atoms with Crippen LogP contribution in [0.4, 0.5) is 10.1 Å². The summed E-state index contributed by atoms with van der Waals surface area (Å²) in [5.41, 5.74) is 0.722. The third-order valence-corrected chi connectivity index (χ3v) is 3.70. The number of hydrogen-bond acceptors (Lipinski definition) is 2. The molecule has 1 aromatic carbocycles. The first-order valence-corrected chi connectivity index (χ1v) is 6.50. The van der Waals surface area contributed by atoms with Crippen molar-refractivity contribution in [2.45, 2.75) is 0 Å². The molecule has 0 amide bonds. The number of rotatable bonds is 1. The highest BCUT2D eigenvalue weighted by molar-refractivity contribution is 9.10. The third kappa shape index (κ3) is 2.23. The third-order valence-electron chi connectivity index (χ3n) is 2.26. The lowest BCUT2D eigenvalue weighted by Crippen LogP contribution is -2.33. The maximum atomic E-state index is 13.5. The van der Waals surface area contributed by atoms with E-state index in [2.05, 4.69) is 20.8 Å². The highest BCUT2D eigenvalue weighted by Crippen LogP contribution is 2.26. The molecule has 1 saturated heterocycles. The van der Waals surface area contributed by atoms with E-state index in [9.17, 15) is 4.39 Å². The fourth-order valence-corrected chi connectivity index (χ4v) is 2.78. The van der Waals surface area contributed by atoms with E-state index >= 15 is 0 Å². The van der Waals surface area contributed by atoms with Crippen LogP contribution in [0.5, 0.6) is 0 Å². The van der Waals surface area contributed by atoms with Crippen LogP contribution in [0.15, 0.2) is 22.7 Å². The summed E-state index contributed by atoms with van der Waals surface area (Å²) < 4.78 is 14.4. The fourth-order valence-electron chi connectivity index (χ4n) is 1.53. The number of anilines is 1. The molecule has 0 aromatic heterocycles. The van der Waals surface area contributed by atoms with Gasteiger partial charge in [-0.1, -0.05) is 15.9 Å². The van der Waals surface area contributed by atoms with Crippen LogP contribution in [0.2, 0.25) is 0 Å². The van der Waals surface area contributed by atoms with Gasteiger partial charge >= 0.3 is 0 Å². The molecule has 0 saturated carbocycles. The van der Waals surface area contributed by atoms with E-state index in [1.165, 1.54) is 6.07 Å². The second kappa shape index (κ2) is 4.53. The second-order valence-electron chi connectivity index (χ2n) is 3.20. The Labute approximate surface area is 95.8 Å². The maximum Gasteiger partial charge on any atom is 0.146 e. The van der Waals surface area contributed by atoms with Gasteiger partial charge in [-0.25, -0.2) is 4.39 Å². The molecule has 14 heavy (non-hydrogen) atoms. The number of benzene rings is 1. The summed E-state index contributed by atoms with van der Waals surface area (Å²) >= 11 is 5.29. The van der Waals surface area contributed by atoms with Crippen molar-refractivity contribution in [2.24, 2.45) is 0 Å². The van der Waals surface area contributed by atoms with Gasteiger partial charge in [0.25, 0.3) is 0 Å². The molecule has 1 aliphatic heterocycles. The molecular formula is C10H11BrFNS. The summed E-state index contributed by atoms with van der Waals surface area (Å²) in [5.74, 6) is 2.05. The Hall–Kier alpha value is -0.220. The van der Waals surface area contributed by atoms with E-state index in [0.29, 0.717) is 0 Å². The van der Waals surface area contributed by atoms with Crippen LogP contribution in [0.25, 0.3) is 0 Å². The lowest BCUT2D eigenvalue weighted by atomic mass is 10.2. The van der Waals surface area contributed by atoms with Gasteiger partial charge in [-0.3, -0.25) is 0 Å². The van der Waals surface area contributed by atoms with Gasteiger partial charge in [0, 0.05) is 29.1 Å². The molecule has 0 atom stereocenters. The van der Waals surface area contributed by atoms with Gasteiger partial charge in [0.1, 0.15) is 5.82 Å². The van der Waals surface area contributed by atoms with Crippen molar-refractivity contribution in [1.82, 2.24) is 0 Å². The number of halogens is 2. The topological polar surface area (TPSA) is 3.24 Å². The standard InChI is InChI=1S/C10H11BrFNS/c11-8-1-2-9(12)10(7-8)13-3-5-14-6-4-13/h1-2,7H,3-6H2. The van der Waals surface area contributed by atoms with Crippen LogP contribution < -0.4 is 4.90 Å². The Bertz CT molecular complexity index is 326. The van der Waals surface area contributed by atoms with Gasteiger partial charge in [0.05, 0.1) is 5.69 Å². The summed E-state index contributed by atoms with van der Waals surface area (Å²) in [6.45, 7) is 1.88. The Morgan fingerprint density at radius 3 is 2.71 bits per heavy atom. The van der Waals surface area contributed by atoms with Crippen molar-refractivity contribution in [2.75, 3.05) is 29.5 Å². The van der Waals surface area contributed by atoms with Crippen LogP contribution in [0.3, 0.4) is 0 Å². The summed E-state index contributed by atoms with van der Waals surface area (Å²) in [5, 5.41) is 0. The number of hydrogen-bond donors (Lipinski definition) is 0. The van der Waals surface area contributed by atoms with Crippen molar-refractivity contribution >= 4 is 33.4 Å². The van der Waals surface area contributed by atoms with E-state index in [1.807, 2.05) is 17.8 Å². The van der Waals surface area contributed by atoms with E-state index in [-0.39, 0.29) is 5.82 Å². The van der Waals surface area contributed by atoms with Gasteiger partial charge in [0.15, 0.2) is 0 Å². The molecular weight excluding hydrogens is 265 g/mol. The fraction of sp³-hybridized carbons (Fsp3) is 0.400. The normalized spacial score (nSPS) is 17.1. The molecule has 0 spiro atoms. The van der Waals surface area contributed by atoms with Crippen molar-refractivity contribution < 1.29 is 4.39 Å². The van der Waals surface area contributed by atoms with E-state index in [1.54, 1.807) is 6.07 Å². The minimum atomic E-state index is -0.125. The minimum absolute atomic E-state index is 0.125. The van der Waals surface area contributed by atoms with Crippen LogP contribution in [-0.4, -0.2) is 24.6 Å². The summed E-state index contributed by atoms with van der Waals surface area (Å²) in [6, 6.07) is 5.10. The molecule has 76 valence electrons. The lowest BCUT2D eigenvalue weighted by Gasteiger charge is -2.28.